The van der Waals surface area contributed by atoms with Crippen LogP contribution in [0, 0.1) is 11.8 Å². The fourth-order valence-corrected chi connectivity index (χ4v) is 6.10. The molecule has 1 saturated carbocycles. The van der Waals surface area contributed by atoms with Gasteiger partial charge in [0.15, 0.2) is 0 Å². The Hall–Kier alpha value is 1.42. The summed E-state index contributed by atoms with van der Waals surface area (Å²) in [5, 5.41) is 0. The summed E-state index contributed by atoms with van der Waals surface area (Å²) in [5.74, 6) is 1.80. The normalized spacial score (nSPS) is 25.3. The fourth-order valence-electron chi connectivity index (χ4n) is 1.71. The minimum absolute atomic E-state index is 0.334. The second-order valence-corrected chi connectivity index (χ2v) is 10.2. The van der Waals surface area contributed by atoms with Gasteiger partial charge in [-0.05, 0) is 0 Å². The van der Waals surface area contributed by atoms with Crippen LogP contribution in [0.2, 0.25) is 0 Å². The first-order valence-corrected chi connectivity index (χ1v) is 8.90. The molecule has 0 aromatic carbocycles. The summed E-state index contributed by atoms with van der Waals surface area (Å²) < 4.78 is 0.625. The van der Waals surface area contributed by atoms with Gasteiger partial charge in [-0.1, -0.05) is 0 Å². The van der Waals surface area contributed by atoms with Gasteiger partial charge in [-0.15, -0.1) is 0 Å². The molecule has 2 N–H and O–H groups in total. The Morgan fingerprint density at radius 2 is 2.25 bits per heavy atom. The molecule has 1 rings (SSSR count). The third kappa shape index (κ3) is 2.26. The van der Waals surface area contributed by atoms with Crippen molar-refractivity contribution in [1.29, 1.82) is 0 Å². The third-order valence-electron chi connectivity index (χ3n) is 2.73. The summed E-state index contributed by atoms with van der Waals surface area (Å²) in [6.45, 7) is 3.18. The van der Waals surface area contributed by atoms with Crippen LogP contribution in [0.5, 0.6) is 0 Å². The SMILES string of the molecule is CCC(CN)C(I)([I-]C)C1CC1. The number of rotatable bonds is 5. The van der Waals surface area contributed by atoms with E-state index in [9.17, 15) is 0 Å². The molecule has 0 amide bonds. The topological polar surface area (TPSA) is 26.0 Å². The van der Waals surface area contributed by atoms with Gasteiger partial charge in [0, 0.05) is 0 Å². The van der Waals surface area contributed by atoms with Gasteiger partial charge < -0.3 is 0 Å². The van der Waals surface area contributed by atoms with Gasteiger partial charge in [-0.2, -0.15) is 0 Å². The number of alkyl halides is 3. The molecule has 0 spiro atoms. The zero-order chi connectivity index (χ0) is 9.19. The van der Waals surface area contributed by atoms with Gasteiger partial charge >= 0.3 is 100 Å². The molecule has 1 nitrogen and oxygen atoms in total. The number of nitrogens with two attached hydrogens (primary N) is 1. The molecule has 2 unspecified atom stereocenters. The summed E-state index contributed by atoms with van der Waals surface area (Å²) in [6, 6.07) is 0. The van der Waals surface area contributed by atoms with E-state index in [1.807, 2.05) is 0 Å². The maximum absolute atomic E-state index is 5.82. The summed E-state index contributed by atoms with van der Waals surface area (Å²) in [6.07, 6.45) is 4.20. The van der Waals surface area contributed by atoms with E-state index in [-0.39, 0.29) is 0 Å². The summed E-state index contributed by atoms with van der Waals surface area (Å²) in [4.78, 5) is 2.42. The molecular formula is C9H18I2N-. The van der Waals surface area contributed by atoms with Crippen molar-refractivity contribution in [3.8, 4) is 0 Å². The zero-order valence-electron chi connectivity index (χ0n) is 7.82. The van der Waals surface area contributed by atoms with Crippen LogP contribution in [0.3, 0.4) is 0 Å². The Morgan fingerprint density at radius 1 is 1.67 bits per heavy atom. The molecule has 0 saturated heterocycles. The quantitative estimate of drug-likeness (QED) is 0.482. The van der Waals surface area contributed by atoms with Crippen molar-refractivity contribution in [2.45, 2.75) is 27.6 Å². The monoisotopic (exact) mass is 394 g/mol. The van der Waals surface area contributed by atoms with E-state index in [1.165, 1.54) is 19.3 Å². The van der Waals surface area contributed by atoms with Crippen molar-refractivity contribution >= 4 is 22.6 Å². The molecule has 0 aromatic rings. The Bertz CT molecular complexity index is 143. The van der Waals surface area contributed by atoms with Crippen LogP contribution in [0.1, 0.15) is 26.2 Å². The predicted molar refractivity (Wildman–Crippen MR) is 58.2 cm³/mol. The number of halogens is 2. The average molecular weight is 394 g/mol. The van der Waals surface area contributed by atoms with Gasteiger partial charge in [-0.3, -0.25) is 0 Å². The molecule has 1 aliphatic carbocycles. The molecule has 0 bridgehead atoms. The molecule has 1 aliphatic rings. The Labute approximate surface area is 99.6 Å². The average Bonchev–Trinajstić information content (AvgIpc) is 2.88. The van der Waals surface area contributed by atoms with Crippen LogP contribution < -0.4 is 26.9 Å². The Balaban J connectivity index is 2.61. The van der Waals surface area contributed by atoms with E-state index in [2.05, 4.69) is 34.4 Å². The minimum atomic E-state index is 0.334. The van der Waals surface area contributed by atoms with E-state index >= 15 is 0 Å². The molecule has 3 heteroatoms. The summed E-state index contributed by atoms with van der Waals surface area (Å²) in [7, 11) is 0. The van der Waals surface area contributed by atoms with Crippen LogP contribution >= 0.6 is 22.6 Å². The van der Waals surface area contributed by atoms with E-state index in [0.717, 1.165) is 18.4 Å². The first-order chi connectivity index (χ1) is 5.69. The van der Waals surface area contributed by atoms with Gasteiger partial charge in [0.1, 0.15) is 0 Å². The Morgan fingerprint density at radius 3 is 2.50 bits per heavy atom. The van der Waals surface area contributed by atoms with Gasteiger partial charge in [0.05, 0.1) is 0 Å². The second kappa shape index (κ2) is 4.77. The van der Waals surface area contributed by atoms with Crippen molar-refractivity contribution in [2.75, 3.05) is 11.5 Å². The molecule has 2 atom stereocenters. The maximum atomic E-state index is 5.82. The molecule has 12 heavy (non-hydrogen) atoms. The van der Waals surface area contributed by atoms with Gasteiger partial charge in [0.2, 0.25) is 0 Å². The molecule has 0 radical (unpaired) electrons. The van der Waals surface area contributed by atoms with E-state index < -0.39 is 0 Å². The van der Waals surface area contributed by atoms with Crippen LogP contribution in [0.25, 0.3) is 0 Å². The van der Waals surface area contributed by atoms with Crippen molar-refractivity contribution in [3.05, 3.63) is 0 Å². The molecule has 0 heterocycles. The van der Waals surface area contributed by atoms with Crippen molar-refractivity contribution in [1.82, 2.24) is 0 Å². The van der Waals surface area contributed by atoms with Crippen LogP contribution in [-0.4, -0.2) is 12.9 Å². The summed E-state index contributed by atoms with van der Waals surface area (Å²) in [5.41, 5.74) is 5.82. The van der Waals surface area contributed by atoms with E-state index in [1.54, 1.807) is 0 Å². The molecular weight excluding hydrogens is 376 g/mol. The van der Waals surface area contributed by atoms with Gasteiger partial charge in [0.25, 0.3) is 0 Å². The fraction of sp³-hybridized carbons (Fsp3) is 1.00. The Kier molecular flexibility index (Phi) is 4.57. The molecule has 0 aromatic heterocycles. The first kappa shape index (κ1) is 11.5. The molecule has 0 aliphatic heterocycles. The first-order valence-electron chi connectivity index (χ1n) is 4.58. The van der Waals surface area contributed by atoms with Crippen molar-refractivity contribution < 1.29 is 21.2 Å². The predicted octanol–water partition coefficient (Wildman–Crippen LogP) is -0.769. The molecule has 1 fully saturated rings. The molecule has 74 valence electrons. The van der Waals surface area contributed by atoms with Crippen LogP contribution in [0.15, 0.2) is 0 Å². The van der Waals surface area contributed by atoms with Crippen LogP contribution in [-0.2, 0) is 0 Å². The number of hydrogen-bond donors (Lipinski definition) is 1. The standard InChI is InChI=1S/C9H18I2N/c1-3-7(6-12)9(10,11-2)8-4-5-8/h7-8H,3-6,12H2,1-2H3/q-1. The van der Waals surface area contributed by atoms with E-state index in [4.69, 9.17) is 5.73 Å². The van der Waals surface area contributed by atoms with Crippen LogP contribution in [0.4, 0.5) is 0 Å². The zero-order valence-corrected chi connectivity index (χ0v) is 12.1. The van der Waals surface area contributed by atoms with E-state index in [0.29, 0.717) is 22.6 Å². The third-order valence-corrected chi connectivity index (χ3v) is 10.6. The summed E-state index contributed by atoms with van der Waals surface area (Å²) >= 11 is 3.06. The van der Waals surface area contributed by atoms with Crippen molar-refractivity contribution in [2.24, 2.45) is 17.6 Å². The van der Waals surface area contributed by atoms with Crippen molar-refractivity contribution in [3.63, 3.8) is 0 Å². The van der Waals surface area contributed by atoms with Gasteiger partial charge in [-0.25, -0.2) is 0 Å². The number of hydrogen-bond acceptors (Lipinski definition) is 1. The second-order valence-electron chi connectivity index (χ2n) is 3.48.